The fourth-order valence-electron chi connectivity index (χ4n) is 3.75. The Kier molecular flexibility index (Phi) is 6.52. The number of hydrogen-bond acceptors (Lipinski definition) is 4. The topological polar surface area (TPSA) is 62.5 Å². The third-order valence-corrected chi connectivity index (χ3v) is 5.34. The molecule has 2 aromatic heterocycles. The molecule has 29 heavy (non-hydrogen) atoms. The molecule has 6 nitrogen and oxygen atoms in total. The number of aromatic nitrogens is 3. The van der Waals surface area contributed by atoms with Gasteiger partial charge in [0, 0.05) is 49.2 Å². The van der Waals surface area contributed by atoms with Gasteiger partial charge in [-0.25, -0.2) is 9.50 Å². The maximum absolute atomic E-state index is 12.4. The van der Waals surface area contributed by atoms with Crippen LogP contribution in [0.5, 0.6) is 0 Å². The predicted molar refractivity (Wildman–Crippen MR) is 118 cm³/mol. The van der Waals surface area contributed by atoms with E-state index in [9.17, 15) is 4.79 Å². The minimum atomic E-state index is 0.0702. The quantitative estimate of drug-likeness (QED) is 0.636. The van der Waals surface area contributed by atoms with Gasteiger partial charge in [-0.15, -0.1) is 0 Å². The summed E-state index contributed by atoms with van der Waals surface area (Å²) < 4.78 is 1.87. The van der Waals surface area contributed by atoms with Crippen molar-refractivity contribution in [3.63, 3.8) is 0 Å². The van der Waals surface area contributed by atoms with E-state index in [1.54, 1.807) is 0 Å². The summed E-state index contributed by atoms with van der Waals surface area (Å²) in [4.78, 5) is 19.3. The number of amides is 1. The molecule has 2 heterocycles. The van der Waals surface area contributed by atoms with E-state index < -0.39 is 0 Å². The Morgan fingerprint density at radius 1 is 1.17 bits per heavy atom. The molecule has 0 fully saturated rings. The van der Waals surface area contributed by atoms with Crippen LogP contribution in [0.15, 0.2) is 30.3 Å². The zero-order valence-corrected chi connectivity index (χ0v) is 18.1. The summed E-state index contributed by atoms with van der Waals surface area (Å²) >= 11 is 0. The maximum Gasteiger partial charge on any atom is 0.220 e. The van der Waals surface area contributed by atoms with E-state index in [1.807, 2.05) is 31.4 Å². The molecule has 0 saturated carbocycles. The molecule has 0 bridgehead atoms. The average molecular weight is 394 g/mol. The van der Waals surface area contributed by atoms with Crippen LogP contribution in [0.2, 0.25) is 0 Å². The van der Waals surface area contributed by atoms with Gasteiger partial charge in [-0.2, -0.15) is 5.10 Å². The Balaban J connectivity index is 1.54. The molecule has 154 valence electrons. The van der Waals surface area contributed by atoms with Crippen LogP contribution >= 0.6 is 0 Å². The van der Waals surface area contributed by atoms with Crippen molar-refractivity contribution in [3.05, 3.63) is 58.5 Å². The third kappa shape index (κ3) is 4.94. The summed E-state index contributed by atoms with van der Waals surface area (Å²) in [5, 5.41) is 7.56. The lowest BCUT2D eigenvalue weighted by Gasteiger charge is -2.23. The van der Waals surface area contributed by atoms with E-state index >= 15 is 0 Å². The molecule has 0 saturated heterocycles. The predicted octanol–water partition coefficient (Wildman–Crippen LogP) is 3.54. The molecular formula is C23H31N5O. The van der Waals surface area contributed by atoms with Gasteiger partial charge in [-0.1, -0.05) is 12.1 Å². The van der Waals surface area contributed by atoms with Crippen LogP contribution in [0.3, 0.4) is 0 Å². The number of anilines is 1. The lowest BCUT2D eigenvalue weighted by Crippen LogP contribution is -2.35. The van der Waals surface area contributed by atoms with Gasteiger partial charge in [0.15, 0.2) is 5.65 Å². The van der Waals surface area contributed by atoms with Crippen molar-refractivity contribution >= 4 is 17.2 Å². The highest BCUT2D eigenvalue weighted by atomic mass is 16.1. The lowest BCUT2D eigenvalue weighted by molar-refractivity contribution is -0.121. The van der Waals surface area contributed by atoms with E-state index in [1.165, 1.54) is 11.3 Å². The molecule has 1 aromatic carbocycles. The van der Waals surface area contributed by atoms with Crippen molar-refractivity contribution in [1.29, 1.82) is 0 Å². The number of benzene rings is 1. The van der Waals surface area contributed by atoms with Crippen LogP contribution in [0.25, 0.3) is 5.65 Å². The molecule has 0 atom stereocenters. The average Bonchev–Trinajstić information content (AvgIpc) is 3.05. The molecule has 0 aliphatic carbocycles. The van der Waals surface area contributed by atoms with Crippen molar-refractivity contribution in [2.75, 3.05) is 24.5 Å². The molecule has 0 spiro atoms. The molecule has 3 aromatic rings. The Labute approximate surface area is 172 Å². The summed E-state index contributed by atoms with van der Waals surface area (Å²) in [6, 6.07) is 10.4. The van der Waals surface area contributed by atoms with Crippen molar-refractivity contribution in [3.8, 4) is 0 Å². The number of carbonyl (C=O) groups is 1. The SMILES string of the molecule is CCN(CCNC(=O)CCc1c(C)nc2cc(C)nn2c1C)c1cccc(C)c1. The fraction of sp³-hybridized carbons (Fsp3) is 0.435. The second kappa shape index (κ2) is 9.07. The minimum Gasteiger partial charge on any atom is -0.370 e. The lowest BCUT2D eigenvalue weighted by atomic mass is 10.1. The van der Waals surface area contributed by atoms with E-state index in [0.29, 0.717) is 19.4 Å². The molecule has 1 amide bonds. The first-order valence-electron chi connectivity index (χ1n) is 10.3. The molecule has 1 N–H and O–H groups in total. The van der Waals surface area contributed by atoms with Gasteiger partial charge in [-0.05, 0) is 64.3 Å². The fourth-order valence-corrected chi connectivity index (χ4v) is 3.75. The molecule has 0 radical (unpaired) electrons. The van der Waals surface area contributed by atoms with Crippen molar-refractivity contribution in [2.24, 2.45) is 0 Å². The molecule has 0 aliphatic rings. The second-order valence-electron chi connectivity index (χ2n) is 7.59. The molecular weight excluding hydrogens is 362 g/mol. The summed E-state index contributed by atoms with van der Waals surface area (Å²) in [6.07, 6.45) is 1.12. The van der Waals surface area contributed by atoms with Gasteiger partial charge in [0.05, 0.1) is 5.69 Å². The smallest absolute Gasteiger partial charge is 0.220 e. The normalized spacial score (nSPS) is 11.1. The van der Waals surface area contributed by atoms with Crippen LogP contribution in [-0.4, -0.2) is 40.1 Å². The highest BCUT2D eigenvalue weighted by Gasteiger charge is 2.13. The number of aryl methyl sites for hydroxylation is 4. The number of fused-ring (bicyclic) bond motifs is 1. The van der Waals surface area contributed by atoms with Crippen LogP contribution in [-0.2, 0) is 11.2 Å². The molecule has 3 rings (SSSR count). The van der Waals surface area contributed by atoms with Gasteiger partial charge in [0.2, 0.25) is 5.91 Å². The molecule has 0 aliphatic heterocycles. The van der Waals surface area contributed by atoms with Crippen molar-refractivity contribution < 1.29 is 4.79 Å². The zero-order valence-electron chi connectivity index (χ0n) is 18.1. The number of carbonyl (C=O) groups excluding carboxylic acids is 1. The molecule has 0 unspecified atom stereocenters. The zero-order chi connectivity index (χ0) is 21.0. The van der Waals surface area contributed by atoms with E-state index in [2.05, 4.69) is 58.4 Å². The number of hydrogen-bond donors (Lipinski definition) is 1. The monoisotopic (exact) mass is 393 g/mol. The van der Waals surface area contributed by atoms with Gasteiger partial charge >= 0.3 is 0 Å². The summed E-state index contributed by atoms with van der Waals surface area (Å²) in [5.74, 6) is 0.0702. The van der Waals surface area contributed by atoms with Gasteiger partial charge in [0.1, 0.15) is 0 Å². The van der Waals surface area contributed by atoms with Crippen LogP contribution in [0, 0.1) is 27.7 Å². The van der Waals surface area contributed by atoms with Gasteiger partial charge < -0.3 is 10.2 Å². The molecule has 6 heteroatoms. The first-order valence-corrected chi connectivity index (χ1v) is 10.3. The Bertz CT molecular complexity index is 1010. The first kappa shape index (κ1) is 20.8. The van der Waals surface area contributed by atoms with Gasteiger partial charge in [-0.3, -0.25) is 4.79 Å². The summed E-state index contributed by atoms with van der Waals surface area (Å²) in [7, 11) is 0. The largest absolute Gasteiger partial charge is 0.370 e. The van der Waals surface area contributed by atoms with Crippen LogP contribution < -0.4 is 10.2 Å². The number of nitrogens with one attached hydrogen (secondary N) is 1. The van der Waals surface area contributed by atoms with Gasteiger partial charge in [0.25, 0.3) is 0 Å². The Hall–Kier alpha value is -2.89. The minimum absolute atomic E-state index is 0.0702. The highest BCUT2D eigenvalue weighted by molar-refractivity contribution is 5.76. The Morgan fingerprint density at radius 3 is 2.69 bits per heavy atom. The van der Waals surface area contributed by atoms with E-state index in [4.69, 9.17) is 0 Å². The number of likely N-dealkylation sites (N-methyl/N-ethyl adjacent to an activating group) is 1. The first-order chi connectivity index (χ1) is 13.9. The summed E-state index contributed by atoms with van der Waals surface area (Å²) in [5.41, 5.74) is 7.39. The second-order valence-corrected chi connectivity index (χ2v) is 7.59. The van der Waals surface area contributed by atoms with Crippen molar-refractivity contribution in [1.82, 2.24) is 19.9 Å². The third-order valence-electron chi connectivity index (χ3n) is 5.34. The summed E-state index contributed by atoms with van der Waals surface area (Å²) in [6.45, 7) is 12.6. The number of nitrogens with zero attached hydrogens (tertiary/aromatic N) is 4. The number of rotatable bonds is 8. The van der Waals surface area contributed by atoms with E-state index in [0.717, 1.165) is 41.4 Å². The maximum atomic E-state index is 12.4. The Morgan fingerprint density at radius 2 is 1.97 bits per heavy atom. The van der Waals surface area contributed by atoms with Crippen molar-refractivity contribution in [2.45, 2.75) is 47.5 Å². The van der Waals surface area contributed by atoms with Crippen LogP contribution in [0.4, 0.5) is 5.69 Å². The van der Waals surface area contributed by atoms with E-state index in [-0.39, 0.29) is 5.91 Å². The van der Waals surface area contributed by atoms with Crippen LogP contribution in [0.1, 0.15) is 41.6 Å². The highest BCUT2D eigenvalue weighted by Crippen LogP contribution is 2.17. The standard InChI is InChI=1S/C23H31N5O/c1-6-27(20-9-7-8-16(2)14-20)13-12-24-23(29)11-10-21-18(4)25-22-15-17(3)26-28(22)19(21)5/h7-9,14-15H,6,10-13H2,1-5H3,(H,24,29).